The Hall–Kier alpha value is -3.31. The van der Waals surface area contributed by atoms with Gasteiger partial charge in [-0.05, 0) is 29.7 Å². The molecule has 0 atom stereocenters. The minimum Gasteiger partial charge on any atom is -0.491 e. The molecule has 1 aromatic carbocycles. The van der Waals surface area contributed by atoms with Gasteiger partial charge in [0, 0.05) is 5.56 Å². The lowest BCUT2D eigenvalue weighted by Gasteiger charge is -2.22. The van der Waals surface area contributed by atoms with E-state index in [1.807, 2.05) is 5.94 Å². The van der Waals surface area contributed by atoms with Gasteiger partial charge in [-0.2, -0.15) is 0 Å². The molecule has 0 saturated carbocycles. The highest BCUT2D eigenvalue weighted by atomic mass is 16.5. The number of hydrogen-bond acceptors (Lipinski definition) is 6. The first-order valence-corrected chi connectivity index (χ1v) is 7.95. The Kier molecular flexibility index (Phi) is 4.40. The molecule has 1 aromatic heterocycles. The monoisotopic (exact) mass is 354 g/mol. The van der Waals surface area contributed by atoms with E-state index in [1.165, 1.54) is 12.1 Å². The minimum absolute atomic E-state index is 0.0245. The molecule has 7 heteroatoms. The molecule has 0 fully saturated rings. The van der Waals surface area contributed by atoms with Crippen LogP contribution < -0.4 is 19.9 Å². The number of aromatic nitrogens is 1. The number of rotatable bonds is 3. The smallest absolute Gasteiger partial charge is 0.409 e. The Labute approximate surface area is 150 Å². The number of fused-ring (bicyclic) bond motifs is 2. The number of primary amides is 1. The van der Waals surface area contributed by atoms with Gasteiger partial charge in [-0.25, -0.2) is 14.6 Å². The first kappa shape index (κ1) is 17.5. The maximum atomic E-state index is 11.6. The van der Waals surface area contributed by atoms with Crippen LogP contribution in [0.3, 0.4) is 0 Å². The van der Waals surface area contributed by atoms with Crippen molar-refractivity contribution in [3.8, 4) is 23.1 Å². The molecular formula is C19H18N2O5. The Morgan fingerprint density at radius 3 is 2.62 bits per heavy atom. The maximum absolute atomic E-state index is 11.6. The fourth-order valence-electron chi connectivity index (χ4n) is 2.40. The van der Waals surface area contributed by atoms with Gasteiger partial charge in [0.2, 0.25) is 5.88 Å². The van der Waals surface area contributed by atoms with E-state index < -0.39 is 6.09 Å². The van der Waals surface area contributed by atoms with Gasteiger partial charge in [0.15, 0.2) is 0 Å². The Morgan fingerprint density at radius 2 is 1.96 bits per heavy atom. The summed E-state index contributed by atoms with van der Waals surface area (Å²) < 4.78 is 16.3. The molecule has 2 heterocycles. The van der Waals surface area contributed by atoms with E-state index in [0.29, 0.717) is 29.2 Å². The van der Waals surface area contributed by atoms with E-state index >= 15 is 0 Å². The number of carbonyl (C=O) groups is 1. The second kappa shape index (κ2) is 6.54. The molecule has 0 aliphatic carbocycles. The van der Waals surface area contributed by atoms with E-state index in [-0.39, 0.29) is 22.6 Å². The second-order valence-corrected chi connectivity index (χ2v) is 7.03. The predicted octanol–water partition coefficient (Wildman–Crippen LogP) is 3.33. The van der Waals surface area contributed by atoms with Crippen LogP contribution in [0.15, 0.2) is 30.5 Å². The standard InChI is InChI=1S/C19H18N2O5/c1-19(2,3)10-24-12-7-14-15(9-22)13-6-11(25-18(20)23)4-5-16(13)26-17(14)21-8-12/h4-8H,10H2,1-3H3,(H2,20,23). The number of benzene rings is 1. The van der Waals surface area contributed by atoms with Gasteiger partial charge >= 0.3 is 6.09 Å². The third-order valence-electron chi connectivity index (χ3n) is 3.51. The highest BCUT2D eigenvalue weighted by molar-refractivity contribution is 6.01. The van der Waals surface area contributed by atoms with Crippen molar-refractivity contribution in [2.24, 2.45) is 11.1 Å². The van der Waals surface area contributed by atoms with Crippen molar-refractivity contribution >= 4 is 17.6 Å². The summed E-state index contributed by atoms with van der Waals surface area (Å²) in [5.41, 5.74) is 6.13. The number of hydrogen-bond donors (Lipinski definition) is 1. The molecule has 0 bridgehead atoms. The highest BCUT2D eigenvalue weighted by Gasteiger charge is 2.26. The van der Waals surface area contributed by atoms with Crippen LogP contribution in [0, 0.1) is 5.41 Å². The van der Waals surface area contributed by atoms with Crippen molar-refractivity contribution in [3.63, 3.8) is 0 Å². The Bertz CT molecular complexity index is 924. The lowest BCUT2D eigenvalue weighted by molar-refractivity contribution is 0.197. The largest absolute Gasteiger partial charge is 0.491 e. The molecule has 0 saturated heterocycles. The summed E-state index contributed by atoms with van der Waals surface area (Å²) >= 11 is 0. The average molecular weight is 354 g/mol. The van der Waals surface area contributed by atoms with Crippen LogP contribution in [0.25, 0.3) is 5.57 Å². The fraction of sp³-hybridized carbons (Fsp3) is 0.263. The van der Waals surface area contributed by atoms with Crippen LogP contribution in [-0.4, -0.2) is 23.6 Å². The van der Waals surface area contributed by atoms with Gasteiger partial charge in [-0.15, -0.1) is 0 Å². The Morgan fingerprint density at radius 1 is 1.23 bits per heavy atom. The van der Waals surface area contributed by atoms with Gasteiger partial charge < -0.3 is 19.9 Å². The number of ether oxygens (including phenoxy) is 3. The van der Waals surface area contributed by atoms with Crippen LogP contribution in [0.4, 0.5) is 4.79 Å². The van der Waals surface area contributed by atoms with Gasteiger partial charge in [-0.1, -0.05) is 20.8 Å². The molecule has 0 unspecified atom stereocenters. The number of pyridine rings is 1. The van der Waals surface area contributed by atoms with Crippen molar-refractivity contribution in [3.05, 3.63) is 41.6 Å². The van der Waals surface area contributed by atoms with Crippen molar-refractivity contribution in [2.45, 2.75) is 20.8 Å². The van der Waals surface area contributed by atoms with Crippen LogP contribution >= 0.6 is 0 Å². The fourth-order valence-corrected chi connectivity index (χ4v) is 2.40. The second-order valence-electron chi connectivity index (χ2n) is 7.03. The van der Waals surface area contributed by atoms with E-state index in [4.69, 9.17) is 19.9 Å². The summed E-state index contributed by atoms with van der Waals surface area (Å²) in [6.45, 7) is 6.64. The van der Waals surface area contributed by atoms with Gasteiger partial charge in [-0.3, -0.25) is 0 Å². The lowest BCUT2D eigenvalue weighted by atomic mass is 9.96. The zero-order valence-corrected chi connectivity index (χ0v) is 14.7. The molecule has 2 N–H and O–H groups in total. The molecule has 26 heavy (non-hydrogen) atoms. The van der Waals surface area contributed by atoms with Crippen LogP contribution in [0.5, 0.6) is 23.1 Å². The van der Waals surface area contributed by atoms with Crippen LogP contribution in [0.2, 0.25) is 0 Å². The molecule has 1 amide bonds. The SMILES string of the molecule is CC(C)(C)COc1cnc2c(c1)C(=C=O)c1cc(OC(N)=O)ccc1O2. The van der Waals surface area contributed by atoms with Crippen molar-refractivity contribution in [2.75, 3.05) is 6.61 Å². The molecule has 0 spiro atoms. The summed E-state index contributed by atoms with van der Waals surface area (Å²) in [6.07, 6.45) is 0.598. The highest BCUT2D eigenvalue weighted by Crippen LogP contribution is 2.43. The summed E-state index contributed by atoms with van der Waals surface area (Å²) in [5.74, 6) is 3.32. The summed E-state index contributed by atoms with van der Waals surface area (Å²) in [6, 6.07) is 6.25. The van der Waals surface area contributed by atoms with Crippen molar-refractivity contribution < 1.29 is 23.8 Å². The van der Waals surface area contributed by atoms with Crippen molar-refractivity contribution in [1.82, 2.24) is 4.98 Å². The predicted molar refractivity (Wildman–Crippen MR) is 94.1 cm³/mol. The normalized spacial score (nSPS) is 12.3. The Balaban J connectivity index is 1.98. The topological polar surface area (TPSA) is 101 Å². The number of carbonyl (C=O) groups excluding carboxylic acids is 2. The number of nitrogens with zero attached hydrogens (tertiary/aromatic N) is 1. The molecule has 1 aliphatic rings. The maximum Gasteiger partial charge on any atom is 0.409 e. The van der Waals surface area contributed by atoms with E-state index in [0.717, 1.165) is 0 Å². The van der Waals surface area contributed by atoms with Crippen LogP contribution in [-0.2, 0) is 4.79 Å². The third kappa shape index (κ3) is 3.68. The molecule has 2 aromatic rings. The molecule has 134 valence electrons. The summed E-state index contributed by atoms with van der Waals surface area (Å²) in [4.78, 5) is 26.8. The zero-order valence-electron chi connectivity index (χ0n) is 14.7. The molecule has 3 rings (SSSR count). The summed E-state index contributed by atoms with van der Waals surface area (Å²) in [7, 11) is 0. The molecule has 7 nitrogen and oxygen atoms in total. The average Bonchev–Trinajstić information content (AvgIpc) is 2.56. The van der Waals surface area contributed by atoms with E-state index in [2.05, 4.69) is 25.8 Å². The van der Waals surface area contributed by atoms with Gasteiger partial charge in [0.1, 0.15) is 23.2 Å². The molecular weight excluding hydrogens is 336 g/mol. The van der Waals surface area contributed by atoms with Gasteiger partial charge in [0.25, 0.3) is 0 Å². The first-order valence-electron chi connectivity index (χ1n) is 7.95. The summed E-state index contributed by atoms with van der Waals surface area (Å²) in [5, 5.41) is 0. The van der Waals surface area contributed by atoms with E-state index in [9.17, 15) is 9.59 Å². The third-order valence-corrected chi connectivity index (χ3v) is 3.51. The van der Waals surface area contributed by atoms with Crippen LogP contribution in [0.1, 0.15) is 31.9 Å². The number of nitrogens with two attached hydrogens (primary N) is 1. The first-order chi connectivity index (χ1) is 12.3. The quantitative estimate of drug-likeness (QED) is 0.724. The number of amides is 1. The van der Waals surface area contributed by atoms with E-state index in [1.54, 1.807) is 18.3 Å². The minimum atomic E-state index is -0.946. The van der Waals surface area contributed by atoms with Crippen molar-refractivity contribution in [1.29, 1.82) is 0 Å². The molecule has 1 aliphatic heterocycles. The lowest BCUT2D eigenvalue weighted by Crippen LogP contribution is -2.17. The zero-order chi connectivity index (χ0) is 18.9. The van der Waals surface area contributed by atoms with Gasteiger partial charge in [0.05, 0.1) is 23.9 Å². The molecule has 0 radical (unpaired) electrons.